The van der Waals surface area contributed by atoms with E-state index in [1.54, 1.807) is 13.8 Å². The van der Waals surface area contributed by atoms with E-state index in [9.17, 15) is 51.1 Å². The maximum atomic E-state index is 10.7. The molecule has 3 saturated heterocycles. The van der Waals surface area contributed by atoms with Crippen LogP contribution in [0, 0.1) is 5.92 Å². The molecule has 15 heteroatoms. The highest BCUT2D eigenvalue weighted by Gasteiger charge is 2.53. The van der Waals surface area contributed by atoms with Crippen molar-refractivity contribution in [2.45, 2.75) is 106 Å². The Morgan fingerprint density at radius 2 is 0.944 bits per heavy atom. The zero-order valence-electron chi connectivity index (χ0n) is 19.9. The number of ether oxygens (including phenoxy) is 5. The Labute approximate surface area is 207 Å². The topological polar surface area (TPSA) is 248 Å². The van der Waals surface area contributed by atoms with Crippen molar-refractivity contribution in [2.75, 3.05) is 19.8 Å². The first-order chi connectivity index (χ1) is 17.0. The Hall–Kier alpha value is -0.600. The molecule has 212 valence electrons. The predicted octanol–water partition coefficient (Wildman–Crippen LogP) is -5.87. The molecular weight excluding hydrogens is 492 g/mol. The van der Waals surface area contributed by atoms with Gasteiger partial charge in [-0.3, -0.25) is 0 Å². The van der Waals surface area contributed by atoms with E-state index in [-0.39, 0.29) is 5.92 Å². The van der Waals surface area contributed by atoms with Gasteiger partial charge in [0.2, 0.25) is 0 Å². The van der Waals surface area contributed by atoms with Gasteiger partial charge in [0.15, 0.2) is 12.6 Å². The maximum Gasteiger partial charge on any atom is 0.187 e. The van der Waals surface area contributed by atoms with Crippen LogP contribution in [0.15, 0.2) is 0 Å². The van der Waals surface area contributed by atoms with Gasteiger partial charge in [-0.2, -0.15) is 0 Å². The fraction of sp³-hybridized carbons (Fsp3) is 1.00. The number of hydrogen-bond acceptors (Lipinski definition) is 15. The summed E-state index contributed by atoms with van der Waals surface area (Å²) in [6.45, 7) is 1.40. The molecule has 0 aromatic carbocycles. The summed E-state index contributed by atoms with van der Waals surface area (Å²) in [6, 6.07) is 0. The molecule has 0 radical (unpaired) electrons. The van der Waals surface area contributed by atoms with Crippen molar-refractivity contribution in [3.05, 3.63) is 0 Å². The van der Waals surface area contributed by atoms with Crippen LogP contribution in [0.4, 0.5) is 0 Å². The summed E-state index contributed by atoms with van der Waals surface area (Å²) >= 11 is 0. The summed E-state index contributed by atoms with van der Waals surface area (Å²) in [6.07, 6.45) is -22.7. The highest BCUT2D eigenvalue weighted by Crippen LogP contribution is 2.33. The van der Waals surface area contributed by atoms with Gasteiger partial charge in [-0.25, -0.2) is 0 Å². The quantitative estimate of drug-likeness (QED) is 0.140. The van der Waals surface area contributed by atoms with E-state index < -0.39 is 112 Å². The van der Waals surface area contributed by atoms with Crippen LogP contribution in [0.2, 0.25) is 0 Å². The largest absolute Gasteiger partial charge is 0.394 e. The molecule has 0 aromatic heterocycles. The monoisotopic (exact) mass is 530 g/mol. The van der Waals surface area contributed by atoms with E-state index in [0.29, 0.717) is 0 Å². The lowest BCUT2D eigenvalue weighted by Gasteiger charge is -2.48. The first kappa shape index (κ1) is 29.9. The van der Waals surface area contributed by atoms with Gasteiger partial charge in [0.1, 0.15) is 73.2 Å². The van der Waals surface area contributed by atoms with Crippen molar-refractivity contribution < 1.29 is 74.7 Å². The van der Waals surface area contributed by atoms with Gasteiger partial charge in [0.05, 0.1) is 25.9 Å². The second kappa shape index (κ2) is 12.5. The molecule has 6 unspecified atom stereocenters. The molecule has 3 aliphatic rings. The van der Waals surface area contributed by atoms with Crippen LogP contribution in [-0.2, 0) is 23.7 Å². The summed E-state index contributed by atoms with van der Waals surface area (Å²) in [5, 5.41) is 101. The van der Waals surface area contributed by atoms with E-state index in [1.165, 1.54) is 0 Å². The molecule has 0 amide bonds. The smallest absolute Gasteiger partial charge is 0.187 e. The molecule has 3 fully saturated rings. The minimum absolute atomic E-state index is 0.206. The van der Waals surface area contributed by atoms with Gasteiger partial charge < -0.3 is 74.7 Å². The minimum Gasteiger partial charge on any atom is -0.394 e. The predicted molar refractivity (Wildman–Crippen MR) is 114 cm³/mol. The first-order valence-corrected chi connectivity index (χ1v) is 11.8. The van der Waals surface area contributed by atoms with Crippen molar-refractivity contribution in [3.63, 3.8) is 0 Å². The summed E-state index contributed by atoms with van der Waals surface area (Å²) in [4.78, 5) is 0. The number of hydrogen-bond donors (Lipinski definition) is 10. The van der Waals surface area contributed by atoms with Crippen LogP contribution in [0.25, 0.3) is 0 Å². The molecule has 3 rings (SSSR count). The Morgan fingerprint density at radius 3 is 1.42 bits per heavy atom. The summed E-state index contributed by atoms with van der Waals surface area (Å²) < 4.78 is 27.5. The van der Waals surface area contributed by atoms with Gasteiger partial charge in [-0.1, -0.05) is 13.8 Å². The summed E-state index contributed by atoms with van der Waals surface area (Å²) in [5.41, 5.74) is 0. The third kappa shape index (κ3) is 5.85. The lowest BCUT2D eigenvalue weighted by Crippen LogP contribution is -2.66. The van der Waals surface area contributed by atoms with E-state index in [0.717, 1.165) is 0 Å². The maximum absolute atomic E-state index is 10.7. The van der Waals surface area contributed by atoms with E-state index >= 15 is 0 Å². The first-order valence-electron chi connectivity index (χ1n) is 11.8. The highest BCUT2D eigenvalue weighted by atomic mass is 16.7. The third-order valence-corrected chi connectivity index (χ3v) is 6.81. The second-order valence-corrected chi connectivity index (χ2v) is 9.65. The standard InChI is InChI=1S/C21H38O15/c1-6(2)17-12(27)13(28)18(8(4-23)32-17)35-21-16(31)14(29)19(9(5-24)34-21)36-20-15(30)11(26)10(25)7(3-22)33-20/h6-31H,3-5H2,1-2H3/t7?,8?,9?,10-,11?,12+,13?,14?,15+,16+,17-,18-,19-,20+,21+/m1/s1. The molecule has 0 aromatic rings. The molecule has 15 nitrogen and oxygen atoms in total. The van der Waals surface area contributed by atoms with Crippen molar-refractivity contribution >= 4 is 0 Å². The molecule has 10 N–H and O–H groups in total. The Morgan fingerprint density at radius 1 is 0.528 bits per heavy atom. The zero-order chi connectivity index (χ0) is 26.9. The molecular formula is C21H38O15. The summed E-state index contributed by atoms with van der Waals surface area (Å²) in [7, 11) is 0. The van der Waals surface area contributed by atoms with Gasteiger partial charge in [0, 0.05) is 0 Å². The fourth-order valence-corrected chi connectivity index (χ4v) is 4.66. The van der Waals surface area contributed by atoms with Crippen LogP contribution in [-0.4, -0.2) is 163 Å². The van der Waals surface area contributed by atoms with Gasteiger partial charge in [0.25, 0.3) is 0 Å². The van der Waals surface area contributed by atoms with Crippen molar-refractivity contribution in [1.82, 2.24) is 0 Å². The molecule has 0 spiro atoms. The normalized spacial score (nSPS) is 50.4. The average molecular weight is 531 g/mol. The van der Waals surface area contributed by atoms with Crippen molar-refractivity contribution in [3.8, 4) is 0 Å². The molecule has 3 aliphatic heterocycles. The lowest BCUT2D eigenvalue weighted by molar-refractivity contribution is -0.373. The van der Waals surface area contributed by atoms with Gasteiger partial charge in [-0.15, -0.1) is 0 Å². The van der Waals surface area contributed by atoms with Crippen molar-refractivity contribution in [1.29, 1.82) is 0 Å². The van der Waals surface area contributed by atoms with E-state index in [4.69, 9.17) is 23.7 Å². The Balaban J connectivity index is 1.72. The highest BCUT2D eigenvalue weighted by molar-refractivity contribution is 4.97. The van der Waals surface area contributed by atoms with Crippen LogP contribution in [0.1, 0.15) is 13.8 Å². The lowest BCUT2D eigenvalue weighted by atomic mass is 9.89. The van der Waals surface area contributed by atoms with Crippen LogP contribution in [0.5, 0.6) is 0 Å². The molecule has 0 saturated carbocycles. The zero-order valence-corrected chi connectivity index (χ0v) is 19.9. The molecule has 3 heterocycles. The average Bonchev–Trinajstić information content (AvgIpc) is 2.86. The SMILES string of the molecule is CC(C)[C@H]1OC(CO)[C@@H](O[C@@H]2OC(CO)[C@@H](O[C@@H]3OC(CO)[C@@H](O)C(O)[C@@H]3O)C(O)[C@@H]2O)C(O)[C@@H]1O. The fourth-order valence-electron chi connectivity index (χ4n) is 4.66. The Bertz CT molecular complexity index is 678. The van der Waals surface area contributed by atoms with E-state index in [2.05, 4.69) is 0 Å². The minimum atomic E-state index is -1.85. The van der Waals surface area contributed by atoms with Crippen LogP contribution in [0.3, 0.4) is 0 Å². The van der Waals surface area contributed by atoms with Gasteiger partial charge >= 0.3 is 0 Å². The van der Waals surface area contributed by atoms with E-state index in [1.807, 2.05) is 0 Å². The Kier molecular flexibility index (Phi) is 10.4. The number of aliphatic hydroxyl groups excluding tert-OH is 10. The summed E-state index contributed by atoms with van der Waals surface area (Å²) in [5.74, 6) is -0.206. The van der Waals surface area contributed by atoms with Crippen LogP contribution >= 0.6 is 0 Å². The molecule has 36 heavy (non-hydrogen) atoms. The van der Waals surface area contributed by atoms with Crippen LogP contribution < -0.4 is 0 Å². The molecule has 0 bridgehead atoms. The van der Waals surface area contributed by atoms with Crippen molar-refractivity contribution in [2.24, 2.45) is 5.92 Å². The van der Waals surface area contributed by atoms with Gasteiger partial charge in [-0.05, 0) is 5.92 Å². The number of rotatable bonds is 8. The third-order valence-electron chi connectivity index (χ3n) is 6.81. The molecule has 0 aliphatic carbocycles. The molecule has 15 atom stereocenters. The second-order valence-electron chi connectivity index (χ2n) is 9.65. The number of aliphatic hydroxyl groups is 10.